The molecule has 4 atom stereocenters. The van der Waals surface area contributed by atoms with Crippen LogP contribution in [0, 0.1) is 11.8 Å². The van der Waals surface area contributed by atoms with Crippen molar-refractivity contribution < 1.29 is 14.7 Å². The minimum atomic E-state index is -0.740. The summed E-state index contributed by atoms with van der Waals surface area (Å²) in [6.45, 7) is 4.39. The van der Waals surface area contributed by atoms with Gasteiger partial charge in [0.05, 0.1) is 24.6 Å². The van der Waals surface area contributed by atoms with E-state index in [9.17, 15) is 14.7 Å². The van der Waals surface area contributed by atoms with Crippen LogP contribution in [-0.4, -0.2) is 62.2 Å². The summed E-state index contributed by atoms with van der Waals surface area (Å²) in [6, 6.07) is -0.283. The molecule has 3 rings (SSSR count). The van der Waals surface area contributed by atoms with Gasteiger partial charge in [-0.1, -0.05) is 0 Å². The van der Waals surface area contributed by atoms with Crippen molar-refractivity contribution in [2.75, 3.05) is 13.1 Å². The maximum atomic E-state index is 11.5. The second-order valence-electron chi connectivity index (χ2n) is 5.78. The summed E-state index contributed by atoms with van der Waals surface area (Å²) in [4.78, 5) is 25.0. The topological polar surface area (TPSA) is 100 Å². The zero-order chi connectivity index (χ0) is 15.0. The fraction of sp³-hybridized carbons (Fsp3) is 0.692. The van der Waals surface area contributed by atoms with Gasteiger partial charge in [-0.25, -0.2) is 0 Å². The van der Waals surface area contributed by atoms with Gasteiger partial charge in [-0.3, -0.25) is 9.69 Å². The molecule has 0 radical (unpaired) electrons. The van der Waals surface area contributed by atoms with Crippen molar-refractivity contribution in [2.24, 2.45) is 11.8 Å². The summed E-state index contributed by atoms with van der Waals surface area (Å²) in [5, 5.41) is 20.3. The molecule has 8 nitrogen and oxygen atoms in total. The maximum absolute atomic E-state index is 11.5. The standard InChI is InChI=1S/C13H19N5O3/c1-8(20)11-12(15-13(11)21)9(6-19)4-17-2-3-18-7-14-16-10(18)5-17/h6-9,11-12,20H,2-5H2,1H3,(H,15,21)/t8-,9+,11-,12-/m1/s1. The molecule has 0 aliphatic carbocycles. The van der Waals surface area contributed by atoms with Crippen LogP contribution in [0.2, 0.25) is 0 Å². The molecule has 114 valence electrons. The Balaban J connectivity index is 1.63. The number of aliphatic hydroxyl groups excluding tert-OH is 1. The van der Waals surface area contributed by atoms with E-state index >= 15 is 0 Å². The first-order valence-electron chi connectivity index (χ1n) is 7.13. The monoisotopic (exact) mass is 293 g/mol. The summed E-state index contributed by atoms with van der Waals surface area (Å²) >= 11 is 0. The summed E-state index contributed by atoms with van der Waals surface area (Å²) in [6.07, 6.45) is 1.84. The molecule has 21 heavy (non-hydrogen) atoms. The van der Waals surface area contributed by atoms with Gasteiger partial charge in [-0.2, -0.15) is 0 Å². The molecule has 1 aromatic rings. The number of carbonyl (C=O) groups excluding carboxylic acids is 2. The van der Waals surface area contributed by atoms with E-state index in [0.717, 1.165) is 25.2 Å². The van der Waals surface area contributed by atoms with Crippen LogP contribution in [-0.2, 0) is 22.7 Å². The molecule has 8 heteroatoms. The van der Waals surface area contributed by atoms with E-state index in [4.69, 9.17) is 0 Å². The average molecular weight is 293 g/mol. The Hall–Kier alpha value is -1.80. The molecule has 1 amide bonds. The van der Waals surface area contributed by atoms with E-state index in [1.165, 1.54) is 0 Å². The van der Waals surface area contributed by atoms with Gasteiger partial charge >= 0.3 is 0 Å². The van der Waals surface area contributed by atoms with Crippen molar-refractivity contribution in [2.45, 2.75) is 32.2 Å². The number of rotatable bonds is 5. The lowest BCUT2D eigenvalue weighted by atomic mass is 9.78. The minimum Gasteiger partial charge on any atom is -0.393 e. The molecule has 3 heterocycles. The number of hydrogen-bond acceptors (Lipinski definition) is 6. The highest BCUT2D eigenvalue weighted by Crippen LogP contribution is 2.26. The van der Waals surface area contributed by atoms with Crippen LogP contribution in [0.15, 0.2) is 6.33 Å². The highest BCUT2D eigenvalue weighted by Gasteiger charge is 2.46. The number of nitrogens with one attached hydrogen (secondary N) is 1. The number of nitrogens with zero attached hydrogens (tertiary/aromatic N) is 4. The van der Waals surface area contributed by atoms with Crippen molar-refractivity contribution in [3.63, 3.8) is 0 Å². The van der Waals surface area contributed by atoms with E-state index < -0.39 is 12.0 Å². The maximum Gasteiger partial charge on any atom is 0.228 e. The molecule has 1 fully saturated rings. The minimum absolute atomic E-state index is 0.180. The zero-order valence-corrected chi connectivity index (χ0v) is 11.8. The predicted octanol–water partition coefficient (Wildman–Crippen LogP) is -1.60. The molecule has 1 aromatic heterocycles. The van der Waals surface area contributed by atoms with Gasteiger partial charge in [-0.15, -0.1) is 10.2 Å². The first-order valence-corrected chi connectivity index (χ1v) is 7.13. The van der Waals surface area contributed by atoms with Crippen LogP contribution in [0.3, 0.4) is 0 Å². The number of amides is 1. The molecular weight excluding hydrogens is 274 g/mol. The quantitative estimate of drug-likeness (QED) is 0.501. The molecule has 1 saturated heterocycles. The van der Waals surface area contributed by atoms with E-state index in [1.807, 2.05) is 4.57 Å². The van der Waals surface area contributed by atoms with Crippen molar-refractivity contribution in [3.8, 4) is 0 Å². The molecular formula is C13H19N5O3. The summed E-state index contributed by atoms with van der Waals surface area (Å²) in [5.41, 5.74) is 0. The predicted molar refractivity (Wildman–Crippen MR) is 72.0 cm³/mol. The Kier molecular flexibility index (Phi) is 3.73. The average Bonchev–Trinajstić information content (AvgIpc) is 2.89. The lowest BCUT2D eigenvalue weighted by Crippen LogP contribution is -2.66. The van der Waals surface area contributed by atoms with Gasteiger partial charge in [0.15, 0.2) is 0 Å². The van der Waals surface area contributed by atoms with Crippen molar-refractivity contribution in [3.05, 3.63) is 12.2 Å². The normalized spacial score (nSPS) is 28.2. The number of β-lactam (4-membered cyclic amide) rings is 1. The molecule has 2 aliphatic heterocycles. The van der Waals surface area contributed by atoms with Gasteiger partial charge < -0.3 is 19.8 Å². The van der Waals surface area contributed by atoms with Crippen LogP contribution >= 0.6 is 0 Å². The van der Waals surface area contributed by atoms with Gasteiger partial charge in [0.25, 0.3) is 0 Å². The first kappa shape index (κ1) is 14.2. The van der Waals surface area contributed by atoms with E-state index in [2.05, 4.69) is 20.4 Å². The number of aldehydes is 1. The van der Waals surface area contributed by atoms with Crippen LogP contribution in [0.1, 0.15) is 12.7 Å². The number of fused-ring (bicyclic) bond motifs is 1. The largest absolute Gasteiger partial charge is 0.393 e. The second-order valence-corrected chi connectivity index (χ2v) is 5.78. The lowest BCUT2D eigenvalue weighted by molar-refractivity contribution is -0.144. The molecule has 0 saturated carbocycles. The highest BCUT2D eigenvalue weighted by atomic mass is 16.3. The zero-order valence-electron chi connectivity index (χ0n) is 11.8. The van der Waals surface area contributed by atoms with E-state index in [-0.39, 0.29) is 17.9 Å². The number of aromatic nitrogens is 3. The first-order chi connectivity index (χ1) is 10.1. The van der Waals surface area contributed by atoms with Crippen LogP contribution in [0.4, 0.5) is 0 Å². The van der Waals surface area contributed by atoms with Crippen molar-refractivity contribution in [1.29, 1.82) is 0 Å². The fourth-order valence-electron chi connectivity index (χ4n) is 3.12. The Morgan fingerprint density at radius 3 is 3.05 bits per heavy atom. The summed E-state index contributed by atoms with van der Waals surface area (Å²) in [5.74, 6) is -0.110. The summed E-state index contributed by atoms with van der Waals surface area (Å²) < 4.78 is 2.00. The Labute approximate surface area is 122 Å². The van der Waals surface area contributed by atoms with Crippen LogP contribution < -0.4 is 5.32 Å². The Morgan fingerprint density at radius 2 is 2.38 bits per heavy atom. The summed E-state index contributed by atoms with van der Waals surface area (Å²) in [7, 11) is 0. The third kappa shape index (κ3) is 2.56. The Bertz CT molecular complexity index is 544. The highest BCUT2D eigenvalue weighted by molar-refractivity contribution is 5.87. The van der Waals surface area contributed by atoms with E-state index in [0.29, 0.717) is 13.1 Å². The van der Waals surface area contributed by atoms with Crippen LogP contribution in [0.5, 0.6) is 0 Å². The van der Waals surface area contributed by atoms with Gasteiger partial charge in [-0.05, 0) is 6.92 Å². The number of hydrogen-bond donors (Lipinski definition) is 2. The van der Waals surface area contributed by atoms with Gasteiger partial charge in [0, 0.05) is 25.6 Å². The van der Waals surface area contributed by atoms with Gasteiger partial charge in [0.2, 0.25) is 5.91 Å². The molecule has 2 aliphatic rings. The fourth-order valence-corrected chi connectivity index (χ4v) is 3.12. The molecule has 0 spiro atoms. The number of carbonyl (C=O) groups is 2. The third-order valence-electron chi connectivity index (χ3n) is 4.34. The van der Waals surface area contributed by atoms with Crippen molar-refractivity contribution in [1.82, 2.24) is 25.0 Å². The van der Waals surface area contributed by atoms with Gasteiger partial charge in [0.1, 0.15) is 18.4 Å². The lowest BCUT2D eigenvalue weighted by Gasteiger charge is -2.43. The molecule has 2 N–H and O–H groups in total. The Morgan fingerprint density at radius 1 is 1.57 bits per heavy atom. The molecule has 0 unspecified atom stereocenters. The second kappa shape index (κ2) is 5.53. The van der Waals surface area contributed by atoms with E-state index in [1.54, 1.807) is 13.3 Å². The van der Waals surface area contributed by atoms with Crippen LogP contribution in [0.25, 0.3) is 0 Å². The number of aliphatic hydroxyl groups is 1. The van der Waals surface area contributed by atoms with Crippen molar-refractivity contribution >= 4 is 12.2 Å². The molecule has 0 aromatic carbocycles. The molecule has 0 bridgehead atoms. The smallest absolute Gasteiger partial charge is 0.228 e. The SMILES string of the molecule is C[C@@H](O)[C@H]1C(=O)N[C@@H]1[C@H](C=O)CN1CCn2cnnc2C1. The third-order valence-corrected chi connectivity index (χ3v) is 4.34.